The number of nitrogen functional groups attached to an aromatic ring is 1. The van der Waals surface area contributed by atoms with Crippen LogP contribution in [0.25, 0.3) is 11.0 Å². The van der Waals surface area contributed by atoms with Crippen LogP contribution >= 0.6 is 0 Å². The van der Waals surface area contributed by atoms with E-state index >= 15 is 0 Å². The highest BCUT2D eigenvalue weighted by Crippen LogP contribution is 2.57. The van der Waals surface area contributed by atoms with Crippen molar-refractivity contribution in [2.75, 3.05) is 5.73 Å². The van der Waals surface area contributed by atoms with Gasteiger partial charge in [0.2, 0.25) is 5.95 Å². The Kier molecular flexibility index (Phi) is 2.16. The van der Waals surface area contributed by atoms with Gasteiger partial charge in [0.1, 0.15) is 11.1 Å². The first-order valence-corrected chi connectivity index (χ1v) is 5.47. The molecule has 1 heterocycles. The molecule has 3 rings (SSSR count). The first-order chi connectivity index (χ1) is 8.78. The molecule has 0 spiro atoms. The molecule has 0 amide bonds. The van der Waals surface area contributed by atoms with E-state index in [2.05, 4.69) is 4.98 Å². The van der Waals surface area contributed by atoms with Gasteiger partial charge in [0, 0.05) is 0 Å². The minimum Gasteiger partial charge on any atom is -0.369 e. The normalized spacial score (nSPS) is 17.9. The molecule has 0 aliphatic heterocycles. The van der Waals surface area contributed by atoms with Crippen LogP contribution in [-0.4, -0.2) is 15.7 Å². The Hall–Kier alpha value is -1.86. The van der Waals surface area contributed by atoms with Gasteiger partial charge in [-0.15, -0.1) is 0 Å². The third kappa shape index (κ3) is 1.45. The number of imidazole rings is 1. The van der Waals surface area contributed by atoms with Crippen LogP contribution in [0.5, 0.6) is 0 Å². The second-order valence-electron chi connectivity index (χ2n) is 4.56. The molecule has 1 fully saturated rings. The molecular formula is C11H8F5N3. The van der Waals surface area contributed by atoms with Gasteiger partial charge in [0.05, 0.1) is 5.52 Å². The van der Waals surface area contributed by atoms with Crippen molar-refractivity contribution < 1.29 is 22.0 Å². The number of hydrogen-bond donors (Lipinski definition) is 1. The van der Waals surface area contributed by atoms with E-state index < -0.39 is 34.8 Å². The second kappa shape index (κ2) is 3.37. The number of halogens is 5. The number of nitrogens with zero attached hydrogens (tertiary/aromatic N) is 2. The number of aromatic nitrogens is 2. The molecule has 19 heavy (non-hydrogen) atoms. The van der Waals surface area contributed by atoms with Crippen LogP contribution in [-0.2, 0) is 5.54 Å². The van der Waals surface area contributed by atoms with Gasteiger partial charge in [-0.05, 0) is 25.0 Å². The fourth-order valence-corrected chi connectivity index (χ4v) is 2.31. The summed E-state index contributed by atoms with van der Waals surface area (Å²) in [5.41, 5.74) is 2.57. The zero-order chi connectivity index (χ0) is 14.0. The van der Waals surface area contributed by atoms with E-state index in [9.17, 15) is 22.0 Å². The molecule has 102 valence electrons. The van der Waals surface area contributed by atoms with Gasteiger partial charge >= 0.3 is 6.18 Å². The Labute approximate surface area is 103 Å². The average molecular weight is 277 g/mol. The molecule has 1 aromatic carbocycles. The number of fused-ring (bicyclic) bond motifs is 1. The van der Waals surface area contributed by atoms with Crippen LogP contribution in [0.2, 0.25) is 0 Å². The van der Waals surface area contributed by atoms with E-state index in [1.807, 2.05) is 0 Å². The first kappa shape index (κ1) is 12.2. The van der Waals surface area contributed by atoms with E-state index in [1.54, 1.807) is 0 Å². The highest BCUT2D eigenvalue weighted by atomic mass is 19.4. The summed E-state index contributed by atoms with van der Waals surface area (Å²) < 4.78 is 66.8. The van der Waals surface area contributed by atoms with Gasteiger partial charge in [0.15, 0.2) is 11.6 Å². The van der Waals surface area contributed by atoms with Crippen molar-refractivity contribution in [3.63, 3.8) is 0 Å². The van der Waals surface area contributed by atoms with E-state index in [-0.39, 0.29) is 18.4 Å². The largest absolute Gasteiger partial charge is 0.412 e. The van der Waals surface area contributed by atoms with Crippen molar-refractivity contribution in [2.45, 2.75) is 24.6 Å². The second-order valence-corrected chi connectivity index (χ2v) is 4.56. The van der Waals surface area contributed by atoms with Crippen molar-refractivity contribution in [2.24, 2.45) is 0 Å². The molecule has 2 N–H and O–H groups in total. The summed E-state index contributed by atoms with van der Waals surface area (Å²) in [5, 5.41) is 0. The Morgan fingerprint density at radius 3 is 2.37 bits per heavy atom. The van der Waals surface area contributed by atoms with Crippen molar-refractivity contribution in [3.05, 3.63) is 23.8 Å². The zero-order valence-electron chi connectivity index (χ0n) is 9.43. The Morgan fingerprint density at radius 1 is 1.21 bits per heavy atom. The molecule has 1 aliphatic carbocycles. The fraction of sp³-hybridized carbons (Fsp3) is 0.364. The summed E-state index contributed by atoms with van der Waals surface area (Å²) in [6, 6.07) is 1.91. The fourth-order valence-electron chi connectivity index (χ4n) is 2.31. The van der Waals surface area contributed by atoms with Gasteiger partial charge in [-0.25, -0.2) is 13.8 Å². The van der Waals surface area contributed by atoms with Crippen LogP contribution in [0.15, 0.2) is 12.1 Å². The van der Waals surface area contributed by atoms with Gasteiger partial charge < -0.3 is 5.73 Å². The summed E-state index contributed by atoms with van der Waals surface area (Å²) in [5.74, 6) is -3.06. The molecule has 0 radical (unpaired) electrons. The number of alkyl halides is 3. The topological polar surface area (TPSA) is 43.8 Å². The van der Waals surface area contributed by atoms with Gasteiger partial charge in [-0.2, -0.15) is 13.2 Å². The Bertz CT molecular complexity index is 669. The van der Waals surface area contributed by atoms with Crippen LogP contribution in [0.3, 0.4) is 0 Å². The number of benzene rings is 1. The number of nitrogens with two attached hydrogens (primary N) is 1. The van der Waals surface area contributed by atoms with Crippen molar-refractivity contribution in [1.29, 1.82) is 0 Å². The third-order valence-electron chi connectivity index (χ3n) is 3.41. The van der Waals surface area contributed by atoms with E-state index in [0.717, 1.165) is 12.1 Å². The summed E-state index contributed by atoms with van der Waals surface area (Å²) in [6.07, 6.45) is -5.03. The quantitative estimate of drug-likeness (QED) is 0.814. The Morgan fingerprint density at radius 2 is 1.84 bits per heavy atom. The van der Waals surface area contributed by atoms with Gasteiger partial charge in [-0.3, -0.25) is 4.57 Å². The summed E-state index contributed by atoms with van der Waals surface area (Å²) in [7, 11) is 0. The maximum absolute atomic E-state index is 13.8. The summed E-state index contributed by atoms with van der Waals surface area (Å²) in [4.78, 5) is 3.67. The lowest BCUT2D eigenvalue weighted by Crippen LogP contribution is -2.35. The van der Waals surface area contributed by atoms with Crippen molar-refractivity contribution in [1.82, 2.24) is 9.55 Å². The minimum atomic E-state index is -4.59. The maximum atomic E-state index is 13.8. The number of hydrogen-bond acceptors (Lipinski definition) is 2. The molecule has 1 aliphatic rings. The average Bonchev–Trinajstić information content (AvgIpc) is 3.03. The number of rotatable bonds is 1. The molecule has 2 aromatic rings. The number of anilines is 1. The molecule has 3 nitrogen and oxygen atoms in total. The zero-order valence-corrected chi connectivity index (χ0v) is 9.43. The van der Waals surface area contributed by atoms with Crippen LogP contribution < -0.4 is 5.73 Å². The smallest absolute Gasteiger partial charge is 0.369 e. The lowest BCUT2D eigenvalue weighted by molar-refractivity contribution is -0.178. The van der Waals surface area contributed by atoms with Crippen molar-refractivity contribution >= 4 is 17.0 Å². The molecular weight excluding hydrogens is 269 g/mol. The lowest BCUT2D eigenvalue weighted by atomic mass is 10.2. The SMILES string of the molecule is Nc1nc2ccc(F)c(F)c2n1C1(C(F)(F)F)CC1. The highest BCUT2D eigenvalue weighted by Gasteiger charge is 2.66. The maximum Gasteiger partial charge on any atom is 0.412 e. The van der Waals surface area contributed by atoms with Gasteiger partial charge in [-0.1, -0.05) is 0 Å². The van der Waals surface area contributed by atoms with E-state index in [0.29, 0.717) is 4.57 Å². The molecule has 0 saturated heterocycles. The summed E-state index contributed by atoms with van der Waals surface area (Å²) in [6.45, 7) is 0. The highest BCUT2D eigenvalue weighted by molar-refractivity contribution is 5.80. The minimum absolute atomic E-state index is 0.0908. The first-order valence-electron chi connectivity index (χ1n) is 5.47. The van der Waals surface area contributed by atoms with Crippen LogP contribution in [0.1, 0.15) is 12.8 Å². The third-order valence-corrected chi connectivity index (χ3v) is 3.41. The van der Waals surface area contributed by atoms with Crippen LogP contribution in [0, 0.1) is 11.6 Å². The molecule has 0 bridgehead atoms. The van der Waals surface area contributed by atoms with Crippen LogP contribution in [0.4, 0.5) is 27.9 Å². The molecule has 1 aromatic heterocycles. The molecule has 0 unspecified atom stereocenters. The lowest BCUT2D eigenvalue weighted by Gasteiger charge is -2.22. The Balaban J connectivity index is 2.36. The monoisotopic (exact) mass is 277 g/mol. The molecule has 0 atom stereocenters. The molecule has 8 heteroatoms. The predicted molar refractivity (Wildman–Crippen MR) is 57.3 cm³/mol. The predicted octanol–water partition coefficient (Wildman–Crippen LogP) is 2.95. The van der Waals surface area contributed by atoms with E-state index in [1.165, 1.54) is 0 Å². The summed E-state index contributed by atoms with van der Waals surface area (Å²) >= 11 is 0. The van der Waals surface area contributed by atoms with Crippen molar-refractivity contribution in [3.8, 4) is 0 Å². The van der Waals surface area contributed by atoms with Gasteiger partial charge in [0.25, 0.3) is 0 Å². The standard InChI is InChI=1S/C11H8F5N3/c12-5-1-2-6-8(7(5)13)19(9(17)18-6)10(3-4-10)11(14,15)16/h1-2H,3-4H2,(H2,17,18). The van der Waals surface area contributed by atoms with E-state index in [4.69, 9.17) is 5.73 Å². The molecule has 1 saturated carbocycles.